The van der Waals surface area contributed by atoms with Crippen LogP contribution in [0.4, 0.5) is 4.39 Å². The molecule has 4 nitrogen and oxygen atoms in total. The van der Waals surface area contributed by atoms with Gasteiger partial charge < -0.3 is 14.6 Å². The molecule has 0 spiro atoms. The zero-order valence-electron chi connectivity index (χ0n) is 7.77. The van der Waals surface area contributed by atoms with Gasteiger partial charge in [0.2, 0.25) is 0 Å². The zero-order chi connectivity index (χ0) is 10.8. The molecule has 0 saturated carbocycles. The van der Waals surface area contributed by atoms with Gasteiger partial charge in [0.05, 0.1) is 18.8 Å². The molecule has 1 aliphatic rings. The predicted octanol–water partition coefficient (Wildman–Crippen LogP) is 1.30. The maximum atomic E-state index is 13.0. The van der Waals surface area contributed by atoms with Gasteiger partial charge in [-0.25, -0.2) is 9.18 Å². The molecule has 1 aromatic rings. The molecule has 0 atom stereocenters. The number of hydrogen-bond donors (Lipinski definition) is 1. The summed E-state index contributed by atoms with van der Waals surface area (Å²) in [7, 11) is 0. The van der Waals surface area contributed by atoms with Crippen molar-refractivity contribution >= 4 is 5.97 Å². The molecule has 1 saturated heterocycles. The molecule has 1 heterocycles. The minimum atomic E-state index is -1.18. The van der Waals surface area contributed by atoms with E-state index in [1.807, 2.05) is 0 Å². The summed E-state index contributed by atoms with van der Waals surface area (Å²) in [5.41, 5.74) is -0.120. The lowest BCUT2D eigenvalue weighted by Crippen LogP contribution is -2.38. The summed E-state index contributed by atoms with van der Waals surface area (Å²) in [5, 5.41) is 8.69. The van der Waals surface area contributed by atoms with Crippen LogP contribution in [0.15, 0.2) is 18.2 Å². The fourth-order valence-corrected chi connectivity index (χ4v) is 1.23. The molecule has 0 bridgehead atoms. The average Bonchev–Trinajstić information content (AvgIpc) is 2.10. The normalized spacial score (nSPS) is 15.8. The first-order chi connectivity index (χ1) is 7.15. The number of carboxylic acids is 1. The lowest BCUT2D eigenvalue weighted by atomic mass is 10.2. The van der Waals surface area contributed by atoms with Crippen LogP contribution in [0.2, 0.25) is 0 Å². The Morgan fingerprint density at radius 3 is 2.73 bits per heavy atom. The number of benzene rings is 1. The van der Waals surface area contributed by atoms with Crippen molar-refractivity contribution in [1.29, 1.82) is 0 Å². The van der Waals surface area contributed by atoms with Crippen LogP contribution in [-0.2, 0) is 4.74 Å². The third-order valence-electron chi connectivity index (χ3n) is 2.03. The summed E-state index contributed by atoms with van der Waals surface area (Å²) < 4.78 is 23.2. The number of rotatable bonds is 3. The molecule has 80 valence electrons. The second-order valence-corrected chi connectivity index (χ2v) is 3.26. The molecule has 1 aromatic carbocycles. The third-order valence-corrected chi connectivity index (χ3v) is 2.03. The number of hydrogen-bond acceptors (Lipinski definition) is 3. The molecular formula is C10H9FO4. The van der Waals surface area contributed by atoms with Crippen molar-refractivity contribution in [2.45, 2.75) is 6.10 Å². The standard InChI is InChI=1S/C10H9FO4/c11-7-1-6(10(12)13)2-8(3-7)15-9-4-14-5-9/h1-3,9H,4-5H2,(H,12,13). The van der Waals surface area contributed by atoms with Crippen molar-refractivity contribution < 1.29 is 23.8 Å². The van der Waals surface area contributed by atoms with Gasteiger partial charge in [0.25, 0.3) is 0 Å². The molecule has 1 N–H and O–H groups in total. The fraction of sp³-hybridized carbons (Fsp3) is 0.300. The topological polar surface area (TPSA) is 55.8 Å². The van der Waals surface area contributed by atoms with Crippen LogP contribution in [0.3, 0.4) is 0 Å². The fourth-order valence-electron chi connectivity index (χ4n) is 1.23. The molecule has 0 radical (unpaired) electrons. The second kappa shape index (κ2) is 3.86. The highest BCUT2D eigenvalue weighted by molar-refractivity contribution is 5.88. The first-order valence-corrected chi connectivity index (χ1v) is 4.43. The number of carboxylic acid groups (broad SMARTS) is 1. The van der Waals surface area contributed by atoms with Gasteiger partial charge in [-0.05, 0) is 12.1 Å². The molecule has 1 aliphatic heterocycles. The van der Waals surface area contributed by atoms with E-state index in [2.05, 4.69) is 0 Å². The maximum Gasteiger partial charge on any atom is 0.335 e. The van der Waals surface area contributed by atoms with E-state index in [1.165, 1.54) is 6.07 Å². The quantitative estimate of drug-likeness (QED) is 0.820. The van der Waals surface area contributed by atoms with Crippen molar-refractivity contribution in [2.24, 2.45) is 0 Å². The van der Waals surface area contributed by atoms with Crippen molar-refractivity contribution in [1.82, 2.24) is 0 Å². The van der Waals surface area contributed by atoms with Crippen LogP contribution in [0, 0.1) is 5.82 Å². The summed E-state index contributed by atoms with van der Waals surface area (Å²) >= 11 is 0. The van der Waals surface area contributed by atoms with E-state index in [1.54, 1.807) is 0 Å². The molecule has 0 unspecified atom stereocenters. The van der Waals surface area contributed by atoms with Gasteiger partial charge in [0, 0.05) is 6.07 Å². The lowest BCUT2D eigenvalue weighted by Gasteiger charge is -2.26. The Bertz CT molecular complexity index is 387. The SMILES string of the molecule is O=C(O)c1cc(F)cc(OC2COC2)c1. The highest BCUT2D eigenvalue weighted by Crippen LogP contribution is 2.19. The molecule has 0 aromatic heterocycles. The number of halogens is 1. The van der Waals surface area contributed by atoms with E-state index in [9.17, 15) is 9.18 Å². The molecule has 1 fully saturated rings. The van der Waals surface area contributed by atoms with Gasteiger partial charge in [0.1, 0.15) is 17.7 Å². The molecule has 15 heavy (non-hydrogen) atoms. The average molecular weight is 212 g/mol. The summed E-state index contributed by atoms with van der Waals surface area (Å²) in [6, 6.07) is 3.40. The minimum Gasteiger partial charge on any atom is -0.485 e. The lowest BCUT2D eigenvalue weighted by molar-refractivity contribution is -0.0797. The highest BCUT2D eigenvalue weighted by Gasteiger charge is 2.20. The van der Waals surface area contributed by atoms with E-state index in [0.29, 0.717) is 13.2 Å². The maximum absolute atomic E-state index is 13.0. The smallest absolute Gasteiger partial charge is 0.335 e. The second-order valence-electron chi connectivity index (χ2n) is 3.26. The Labute approximate surface area is 85.2 Å². The first kappa shape index (κ1) is 9.92. The first-order valence-electron chi connectivity index (χ1n) is 4.43. The van der Waals surface area contributed by atoms with Crippen LogP contribution >= 0.6 is 0 Å². The number of aromatic carboxylic acids is 1. The molecular weight excluding hydrogens is 203 g/mol. The van der Waals surface area contributed by atoms with E-state index in [0.717, 1.165) is 12.1 Å². The number of ether oxygens (including phenoxy) is 2. The molecule has 5 heteroatoms. The molecule has 0 amide bonds. The summed E-state index contributed by atoms with van der Waals surface area (Å²) in [4.78, 5) is 10.6. The van der Waals surface area contributed by atoms with Crippen molar-refractivity contribution in [2.75, 3.05) is 13.2 Å². The van der Waals surface area contributed by atoms with Crippen molar-refractivity contribution in [3.05, 3.63) is 29.6 Å². The van der Waals surface area contributed by atoms with Gasteiger partial charge in [-0.15, -0.1) is 0 Å². The molecule has 0 aliphatic carbocycles. The van der Waals surface area contributed by atoms with Gasteiger partial charge in [0.15, 0.2) is 0 Å². The Kier molecular flexibility index (Phi) is 2.55. The Balaban J connectivity index is 2.18. The Hall–Kier alpha value is -1.62. The van der Waals surface area contributed by atoms with Crippen LogP contribution in [0.1, 0.15) is 10.4 Å². The van der Waals surface area contributed by atoms with Crippen LogP contribution < -0.4 is 4.74 Å². The Morgan fingerprint density at radius 2 is 2.20 bits per heavy atom. The van der Waals surface area contributed by atoms with Gasteiger partial charge >= 0.3 is 5.97 Å². The van der Waals surface area contributed by atoms with Crippen LogP contribution in [0.5, 0.6) is 5.75 Å². The van der Waals surface area contributed by atoms with E-state index in [4.69, 9.17) is 14.6 Å². The highest BCUT2D eigenvalue weighted by atomic mass is 19.1. The summed E-state index contributed by atoms with van der Waals surface area (Å²) in [5.74, 6) is -1.57. The minimum absolute atomic E-state index is 0.103. The van der Waals surface area contributed by atoms with E-state index in [-0.39, 0.29) is 17.4 Å². The van der Waals surface area contributed by atoms with Gasteiger partial charge in [-0.1, -0.05) is 0 Å². The monoisotopic (exact) mass is 212 g/mol. The van der Waals surface area contributed by atoms with E-state index < -0.39 is 11.8 Å². The number of carbonyl (C=O) groups is 1. The van der Waals surface area contributed by atoms with Gasteiger partial charge in [-0.3, -0.25) is 0 Å². The largest absolute Gasteiger partial charge is 0.485 e. The van der Waals surface area contributed by atoms with Crippen LogP contribution in [0.25, 0.3) is 0 Å². The summed E-state index contributed by atoms with van der Waals surface area (Å²) in [6.45, 7) is 0.915. The van der Waals surface area contributed by atoms with Crippen molar-refractivity contribution in [3.63, 3.8) is 0 Å². The van der Waals surface area contributed by atoms with Crippen LogP contribution in [-0.4, -0.2) is 30.4 Å². The predicted molar refractivity (Wildman–Crippen MR) is 48.6 cm³/mol. The molecule has 2 rings (SSSR count). The third kappa shape index (κ3) is 2.24. The Morgan fingerprint density at radius 1 is 1.47 bits per heavy atom. The van der Waals surface area contributed by atoms with Gasteiger partial charge in [-0.2, -0.15) is 0 Å². The summed E-state index contributed by atoms with van der Waals surface area (Å²) in [6.07, 6.45) is -0.103. The zero-order valence-corrected chi connectivity index (χ0v) is 7.77. The van der Waals surface area contributed by atoms with Crippen molar-refractivity contribution in [3.8, 4) is 5.75 Å². The van der Waals surface area contributed by atoms with E-state index >= 15 is 0 Å².